The first-order valence-corrected chi connectivity index (χ1v) is 10.4. The number of hydrogen-bond acceptors (Lipinski definition) is 4. The molecule has 3 saturated heterocycles. The van der Waals surface area contributed by atoms with Gasteiger partial charge in [-0.1, -0.05) is 27.7 Å². The van der Waals surface area contributed by atoms with Crippen LogP contribution in [0.4, 0.5) is 0 Å². The predicted molar refractivity (Wildman–Crippen MR) is 108 cm³/mol. The third-order valence-corrected chi connectivity index (χ3v) is 5.61. The van der Waals surface area contributed by atoms with Gasteiger partial charge < -0.3 is 22.5 Å². The first kappa shape index (κ1) is 27.7. The minimum atomic E-state index is -0.375. The largest absolute Gasteiger partial charge is 0.358 e. The van der Waals surface area contributed by atoms with Gasteiger partial charge in [-0.25, -0.2) is 0 Å². The van der Waals surface area contributed by atoms with Crippen LogP contribution in [0.25, 0.3) is 0 Å². The van der Waals surface area contributed by atoms with E-state index in [9.17, 15) is 14.4 Å². The zero-order valence-corrected chi connectivity index (χ0v) is 21.2. The van der Waals surface area contributed by atoms with Crippen molar-refractivity contribution >= 4 is 17.6 Å². The number of nitrogens with zero attached hydrogens (tertiary/aromatic N) is 2. The van der Waals surface area contributed by atoms with Crippen molar-refractivity contribution < 1.29 is 47.1 Å². The smallest absolute Gasteiger partial charge is 0.245 e. The number of Topliss-reactive ketones (excluding diaryl/α,β-unsaturated/α-hetero) is 1. The fourth-order valence-electron chi connectivity index (χ4n) is 4.29. The number of carbonyl (C=O) groups is 3. The van der Waals surface area contributed by atoms with E-state index in [1.165, 1.54) is 0 Å². The molecule has 3 fully saturated rings. The van der Waals surface area contributed by atoms with E-state index in [-0.39, 0.29) is 81.8 Å². The Bertz CT molecular complexity index is 521. The second kappa shape index (κ2) is 13.1. The van der Waals surface area contributed by atoms with Gasteiger partial charge in [0.25, 0.3) is 0 Å². The minimum Gasteiger partial charge on any atom is -0.358 e. The van der Waals surface area contributed by atoms with E-state index in [4.69, 9.17) is 0 Å². The fraction of sp³-hybridized carbons (Fsp3) is 0.810. The molecule has 0 aliphatic carbocycles. The first-order chi connectivity index (χ1) is 12.5. The van der Waals surface area contributed by atoms with Crippen LogP contribution in [0, 0.1) is 13.3 Å². The minimum absolute atomic E-state index is 0. The van der Waals surface area contributed by atoms with Gasteiger partial charge in [0.2, 0.25) is 11.8 Å². The summed E-state index contributed by atoms with van der Waals surface area (Å²) >= 11 is 0. The molecule has 3 aliphatic rings. The molecule has 6 nitrogen and oxygen atoms in total. The van der Waals surface area contributed by atoms with E-state index in [1.54, 1.807) is 9.80 Å². The van der Waals surface area contributed by atoms with Gasteiger partial charge in [-0.05, 0) is 45.1 Å². The molecule has 0 saturated carbocycles. The SMILES string of the molecule is CC.CC(C)C(=O)C1CCCN1C(=O)C1CCCN1C(=O)C1CCCN1.[CH3-].[Y]. The van der Waals surface area contributed by atoms with Crippen molar-refractivity contribution in [1.82, 2.24) is 15.1 Å². The van der Waals surface area contributed by atoms with Gasteiger partial charge in [-0.3, -0.25) is 14.4 Å². The second-order valence-corrected chi connectivity index (χ2v) is 7.59. The summed E-state index contributed by atoms with van der Waals surface area (Å²) in [6.45, 7) is 9.95. The quantitative estimate of drug-likeness (QED) is 0.643. The summed E-state index contributed by atoms with van der Waals surface area (Å²) in [5.74, 6) is 0.131. The average molecular weight is 469 g/mol. The molecule has 0 aromatic rings. The van der Waals surface area contributed by atoms with E-state index in [1.807, 2.05) is 27.7 Å². The van der Waals surface area contributed by atoms with E-state index in [2.05, 4.69) is 5.32 Å². The molecule has 2 amide bonds. The third-order valence-electron chi connectivity index (χ3n) is 5.61. The van der Waals surface area contributed by atoms with Gasteiger partial charge in [0.15, 0.2) is 5.78 Å². The molecular formula is C21H38N3O3Y-. The van der Waals surface area contributed by atoms with Crippen molar-refractivity contribution in [2.24, 2.45) is 5.92 Å². The molecule has 0 aromatic carbocycles. The Kier molecular flexibility index (Phi) is 12.9. The maximum atomic E-state index is 13.1. The Labute approximate surface area is 196 Å². The van der Waals surface area contributed by atoms with Crippen LogP contribution in [0.2, 0.25) is 0 Å². The first-order valence-electron chi connectivity index (χ1n) is 10.4. The molecule has 159 valence electrons. The fourth-order valence-corrected chi connectivity index (χ4v) is 4.29. The third kappa shape index (κ3) is 6.09. The average Bonchev–Trinajstić information content (AvgIpc) is 3.42. The number of carbonyl (C=O) groups excluding carboxylic acids is 3. The van der Waals surface area contributed by atoms with Crippen molar-refractivity contribution in [3.05, 3.63) is 7.43 Å². The molecule has 7 heteroatoms. The maximum Gasteiger partial charge on any atom is 0.245 e. The Hall–Kier alpha value is -0.326. The molecule has 28 heavy (non-hydrogen) atoms. The Morgan fingerprint density at radius 1 is 0.857 bits per heavy atom. The second-order valence-electron chi connectivity index (χ2n) is 7.59. The summed E-state index contributed by atoms with van der Waals surface area (Å²) in [5, 5.41) is 3.23. The van der Waals surface area contributed by atoms with Gasteiger partial charge in [-0.2, -0.15) is 0 Å². The number of nitrogens with one attached hydrogen (secondary N) is 1. The molecule has 0 spiro atoms. The van der Waals surface area contributed by atoms with Gasteiger partial charge in [0.05, 0.1) is 12.1 Å². The van der Waals surface area contributed by atoms with Crippen LogP contribution < -0.4 is 5.32 Å². The molecule has 1 radical (unpaired) electrons. The van der Waals surface area contributed by atoms with Crippen molar-refractivity contribution in [1.29, 1.82) is 0 Å². The van der Waals surface area contributed by atoms with Gasteiger partial charge in [0.1, 0.15) is 6.04 Å². The normalized spacial score (nSPS) is 26.2. The van der Waals surface area contributed by atoms with Crippen LogP contribution in [-0.4, -0.2) is 65.2 Å². The van der Waals surface area contributed by atoms with Crippen molar-refractivity contribution in [2.45, 2.75) is 84.3 Å². The van der Waals surface area contributed by atoms with E-state index >= 15 is 0 Å². The van der Waals surface area contributed by atoms with E-state index in [0.717, 1.165) is 45.1 Å². The Morgan fingerprint density at radius 2 is 1.39 bits per heavy atom. The molecule has 3 heterocycles. The van der Waals surface area contributed by atoms with E-state index in [0.29, 0.717) is 13.1 Å². The monoisotopic (exact) mass is 469 g/mol. The van der Waals surface area contributed by atoms with Crippen molar-refractivity contribution in [2.75, 3.05) is 19.6 Å². The standard InChI is InChI=1S/C18H29N3O3.C2H6.CH3.Y/c1-12(2)16(22)14-7-4-10-20(14)18(24)15-8-5-11-21(15)17(23)13-6-3-9-19-13;1-2;;/h12-15,19H,3-11H2,1-2H3;1-2H3;1H3;/q;;-1;. The molecule has 0 bridgehead atoms. The number of amides is 2. The van der Waals surface area contributed by atoms with Gasteiger partial charge in [-0.15, -0.1) is 0 Å². The number of rotatable bonds is 4. The molecule has 3 unspecified atom stereocenters. The van der Waals surface area contributed by atoms with Crippen LogP contribution in [0.15, 0.2) is 0 Å². The Morgan fingerprint density at radius 3 is 1.89 bits per heavy atom. The molecule has 0 aromatic heterocycles. The molecule has 1 N–H and O–H groups in total. The zero-order chi connectivity index (χ0) is 19.3. The topological polar surface area (TPSA) is 69.7 Å². The van der Waals surface area contributed by atoms with Gasteiger partial charge >= 0.3 is 0 Å². The summed E-state index contributed by atoms with van der Waals surface area (Å²) in [7, 11) is 0. The Balaban J connectivity index is 0.00000177. The summed E-state index contributed by atoms with van der Waals surface area (Å²) < 4.78 is 0. The summed E-state index contributed by atoms with van der Waals surface area (Å²) in [6, 6.07) is -0.801. The number of ketones is 1. The van der Waals surface area contributed by atoms with Crippen LogP contribution >= 0.6 is 0 Å². The number of likely N-dealkylation sites (tertiary alicyclic amines) is 2. The summed E-state index contributed by atoms with van der Waals surface area (Å²) in [6.07, 6.45) is 5.09. The van der Waals surface area contributed by atoms with Crippen LogP contribution in [-0.2, 0) is 47.1 Å². The summed E-state index contributed by atoms with van der Waals surface area (Å²) in [5.41, 5.74) is 0. The molecule has 3 aliphatic heterocycles. The maximum absolute atomic E-state index is 13.1. The van der Waals surface area contributed by atoms with Crippen molar-refractivity contribution in [3.63, 3.8) is 0 Å². The van der Waals surface area contributed by atoms with Crippen LogP contribution in [0.1, 0.15) is 66.2 Å². The zero-order valence-electron chi connectivity index (χ0n) is 18.4. The van der Waals surface area contributed by atoms with Crippen molar-refractivity contribution in [3.8, 4) is 0 Å². The molecule has 3 rings (SSSR count). The van der Waals surface area contributed by atoms with Crippen LogP contribution in [0.3, 0.4) is 0 Å². The molecule has 3 atom stereocenters. The van der Waals surface area contributed by atoms with Crippen LogP contribution in [0.5, 0.6) is 0 Å². The predicted octanol–water partition coefficient (Wildman–Crippen LogP) is 2.42. The summed E-state index contributed by atoms with van der Waals surface area (Å²) in [4.78, 5) is 41.7. The van der Waals surface area contributed by atoms with Gasteiger partial charge in [0, 0.05) is 51.7 Å². The molecular weight excluding hydrogens is 431 g/mol. The number of hydrogen-bond donors (Lipinski definition) is 1. The van der Waals surface area contributed by atoms with E-state index < -0.39 is 0 Å².